The van der Waals surface area contributed by atoms with Gasteiger partial charge in [-0.2, -0.15) is 0 Å². The van der Waals surface area contributed by atoms with Gasteiger partial charge in [0.05, 0.1) is 5.92 Å². The number of nitrogen functional groups attached to an aromatic ring is 1. The van der Waals surface area contributed by atoms with Crippen molar-refractivity contribution in [2.24, 2.45) is 17.8 Å². The Morgan fingerprint density at radius 1 is 1.14 bits per heavy atom. The lowest BCUT2D eigenvalue weighted by molar-refractivity contribution is -0.171. The molecule has 1 aliphatic heterocycles. The molecule has 186 valence electrons. The fourth-order valence-electron chi connectivity index (χ4n) is 5.73. The summed E-state index contributed by atoms with van der Waals surface area (Å²) < 4.78 is 0. The van der Waals surface area contributed by atoms with Crippen LogP contribution in [0.5, 0.6) is 0 Å². The highest BCUT2D eigenvalue weighted by Crippen LogP contribution is 2.37. The van der Waals surface area contributed by atoms with Crippen molar-refractivity contribution in [2.45, 2.75) is 64.3 Å². The number of para-hydroxylation sites is 1. The number of pyridine rings is 1. The van der Waals surface area contributed by atoms with Crippen LogP contribution in [0.2, 0.25) is 0 Å². The lowest BCUT2D eigenvalue weighted by Gasteiger charge is -2.46. The van der Waals surface area contributed by atoms with Gasteiger partial charge in [0.2, 0.25) is 11.8 Å². The summed E-state index contributed by atoms with van der Waals surface area (Å²) in [7, 11) is 1.70. The highest BCUT2D eigenvalue weighted by atomic mass is 16.2. The van der Waals surface area contributed by atoms with Gasteiger partial charge >= 0.3 is 0 Å². The maximum atomic E-state index is 13.7. The van der Waals surface area contributed by atoms with E-state index in [1.807, 2.05) is 30.3 Å². The van der Waals surface area contributed by atoms with Crippen molar-refractivity contribution in [1.29, 1.82) is 0 Å². The van der Waals surface area contributed by atoms with E-state index in [1.165, 1.54) is 24.2 Å². The van der Waals surface area contributed by atoms with Crippen molar-refractivity contribution in [1.82, 2.24) is 9.88 Å². The minimum Gasteiger partial charge on any atom is -0.384 e. The number of likely N-dealkylation sites (tertiary alicyclic amines) is 1. The topological polar surface area (TPSA) is 96.6 Å². The number of amides is 3. The summed E-state index contributed by atoms with van der Waals surface area (Å²) in [6.07, 6.45) is 9.12. The molecular weight excluding hydrogens is 440 g/mol. The van der Waals surface area contributed by atoms with Crippen LogP contribution < -0.4 is 10.6 Å². The molecule has 7 heteroatoms. The molecule has 2 aromatic rings. The minimum atomic E-state index is -0.821. The molecule has 0 unspecified atom stereocenters. The zero-order valence-corrected chi connectivity index (χ0v) is 20.7. The van der Waals surface area contributed by atoms with E-state index < -0.39 is 12.0 Å². The van der Waals surface area contributed by atoms with Crippen molar-refractivity contribution >= 4 is 29.2 Å². The number of nitrogens with two attached hydrogens (primary N) is 1. The van der Waals surface area contributed by atoms with Crippen LogP contribution in [0, 0.1) is 17.8 Å². The van der Waals surface area contributed by atoms with Crippen LogP contribution in [0.3, 0.4) is 0 Å². The Labute approximate surface area is 207 Å². The highest BCUT2D eigenvalue weighted by Gasteiger charge is 2.55. The maximum Gasteiger partial charge on any atom is 0.250 e. The molecule has 2 aliphatic rings. The molecule has 0 radical (unpaired) electrons. The Morgan fingerprint density at radius 3 is 2.51 bits per heavy atom. The normalized spacial score (nSPS) is 21.3. The van der Waals surface area contributed by atoms with Crippen LogP contribution in [0.1, 0.15) is 57.4 Å². The van der Waals surface area contributed by atoms with E-state index in [2.05, 4.69) is 11.9 Å². The third kappa shape index (κ3) is 5.39. The van der Waals surface area contributed by atoms with E-state index in [0.717, 1.165) is 30.5 Å². The Morgan fingerprint density at radius 2 is 1.86 bits per heavy atom. The number of likely N-dealkylation sites (N-methyl/N-ethyl adjacent to an activating group) is 1. The number of imide groups is 1. The van der Waals surface area contributed by atoms with Crippen LogP contribution in [0.15, 0.2) is 48.7 Å². The predicted octanol–water partition coefficient (Wildman–Crippen LogP) is 4.22. The number of benzene rings is 1. The van der Waals surface area contributed by atoms with E-state index >= 15 is 0 Å². The van der Waals surface area contributed by atoms with E-state index in [0.29, 0.717) is 24.6 Å². The molecule has 1 aromatic heterocycles. The summed E-state index contributed by atoms with van der Waals surface area (Å²) >= 11 is 0. The van der Waals surface area contributed by atoms with Gasteiger partial charge in [0.25, 0.3) is 5.91 Å². The molecular formula is C28H36N4O3. The van der Waals surface area contributed by atoms with Crippen LogP contribution in [-0.2, 0) is 20.8 Å². The van der Waals surface area contributed by atoms with E-state index in [9.17, 15) is 14.4 Å². The fraction of sp³-hybridized carbons (Fsp3) is 0.500. The first kappa shape index (κ1) is 24.9. The van der Waals surface area contributed by atoms with Crippen LogP contribution in [-0.4, -0.2) is 40.7 Å². The van der Waals surface area contributed by atoms with Crippen LogP contribution in [0.25, 0.3) is 0 Å². The predicted molar refractivity (Wildman–Crippen MR) is 136 cm³/mol. The van der Waals surface area contributed by atoms with E-state index in [-0.39, 0.29) is 23.6 Å². The number of anilines is 2. The maximum absolute atomic E-state index is 13.7. The molecule has 0 bridgehead atoms. The molecule has 2 heterocycles. The van der Waals surface area contributed by atoms with Crippen molar-refractivity contribution in [3.05, 3.63) is 54.2 Å². The number of aromatic nitrogens is 1. The number of hydrogen-bond donors (Lipinski definition) is 1. The summed E-state index contributed by atoms with van der Waals surface area (Å²) in [4.78, 5) is 47.2. The first-order valence-electron chi connectivity index (χ1n) is 12.8. The van der Waals surface area contributed by atoms with Gasteiger partial charge in [-0.3, -0.25) is 19.3 Å². The average molecular weight is 477 g/mol. The van der Waals surface area contributed by atoms with Crippen LogP contribution in [0.4, 0.5) is 11.5 Å². The molecule has 0 spiro atoms. The lowest BCUT2D eigenvalue weighted by Crippen LogP contribution is -2.69. The summed E-state index contributed by atoms with van der Waals surface area (Å²) in [6.45, 7) is 2.12. The number of nitrogens with zero attached hydrogens (tertiary/aromatic N) is 3. The van der Waals surface area contributed by atoms with Gasteiger partial charge < -0.3 is 10.6 Å². The molecule has 3 amide bonds. The van der Waals surface area contributed by atoms with Gasteiger partial charge in [-0.15, -0.1) is 0 Å². The molecule has 1 saturated heterocycles. The summed E-state index contributed by atoms with van der Waals surface area (Å²) in [5.74, 6) is -0.217. The third-order valence-corrected chi connectivity index (χ3v) is 7.79. The Kier molecular flexibility index (Phi) is 7.83. The molecule has 7 nitrogen and oxygen atoms in total. The second-order valence-electron chi connectivity index (χ2n) is 9.95. The van der Waals surface area contributed by atoms with E-state index in [1.54, 1.807) is 30.3 Å². The molecule has 1 aliphatic carbocycles. The SMILES string of the molecule is CC[C@@H](CC(=O)N1C(=O)[C@H](Cc2ccnc(N)c2)[C@H]1C(=O)N(C)c1ccccc1)C1CCCCC1. The first-order chi connectivity index (χ1) is 16.9. The first-order valence-corrected chi connectivity index (χ1v) is 12.8. The Hall–Kier alpha value is -3.22. The largest absolute Gasteiger partial charge is 0.384 e. The lowest BCUT2D eigenvalue weighted by atomic mass is 9.76. The fourth-order valence-corrected chi connectivity index (χ4v) is 5.73. The van der Waals surface area contributed by atoms with Gasteiger partial charge in [-0.25, -0.2) is 4.98 Å². The summed E-state index contributed by atoms with van der Waals surface area (Å²) in [5, 5.41) is 0. The zero-order valence-electron chi connectivity index (χ0n) is 20.7. The number of carbonyl (C=O) groups excluding carboxylic acids is 3. The molecule has 2 fully saturated rings. The molecule has 1 aromatic carbocycles. The van der Waals surface area contributed by atoms with Crippen molar-refractivity contribution in [3.63, 3.8) is 0 Å². The molecule has 35 heavy (non-hydrogen) atoms. The van der Waals surface area contributed by atoms with Gasteiger partial charge in [0, 0.05) is 25.4 Å². The molecule has 1 saturated carbocycles. The average Bonchev–Trinajstić information content (AvgIpc) is 2.89. The molecule has 3 atom stereocenters. The number of carbonyl (C=O) groups is 3. The smallest absolute Gasteiger partial charge is 0.250 e. The summed E-state index contributed by atoms with van der Waals surface area (Å²) in [5.41, 5.74) is 7.38. The number of hydrogen-bond acceptors (Lipinski definition) is 5. The second-order valence-corrected chi connectivity index (χ2v) is 9.95. The quantitative estimate of drug-likeness (QED) is 0.576. The summed E-state index contributed by atoms with van der Waals surface area (Å²) in [6, 6.07) is 12.0. The van der Waals surface area contributed by atoms with Crippen molar-refractivity contribution in [3.8, 4) is 0 Å². The van der Waals surface area contributed by atoms with Gasteiger partial charge in [0.1, 0.15) is 11.9 Å². The van der Waals surface area contributed by atoms with Crippen LogP contribution >= 0.6 is 0 Å². The van der Waals surface area contributed by atoms with E-state index in [4.69, 9.17) is 5.73 Å². The van der Waals surface area contributed by atoms with Crippen molar-refractivity contribution in [2.75, 3.05) is 17.7 Å². The monoisotopic (exact) mass is 476 g/mol. The molecule has 2 N–H and O–H groups in total. The number of β-lactam (4-membered cyclic amide) rings is 1. The van der Waals surface area contributed by atoms with Crippen molar-refractivity contribution < 1.29 is 14.4 Å². The molecule has 4 rings (SSSR count). The highest BCUT2D eigenvalue weighted by molar-refractivity contribution is 6.12. The zero-order chi connectivity index (χ0) is 24.9. The Bertz CT molecular complexity index is 1050. The Balaban J connectivity index is 1.56. The van der Waals surface area contributed by atoms with Gasteiger partial charge in [0.15, 0.2) is 0 Å². The van der Waals surface area contributed by atoms with Gasteiger partial charge in [-0.05, 0) is 48.1 Å². The second kappa shape index (κ2) is 11.0. The minimum absolute atomic E-state index is 0.224. The standard InChI is InChI=1S/C28H36N4O3/c1-3-20(21-10-6-4-7-11-21)18-25(33)32-26(28(35)31(2)22-12-8-5-9-13-22)23(27(32)34)16-19-14-15-30-24(29)17-19/h5,8-9,12-15,17,20-21,23,26H,3-4,6-7,10-11,16,18H2,1-2H3,(H2,29,30)/t20-,23+,26-/m0/s1. The third-order valence-electron chi connectivity index (χ3n) is 7.79. The number of rotatable bonds is 8. The van der Waals surface area contributed by atoms with Gasteiger partial charge in [-0.1, -0.05) is 63.6 Å².